The Morgan fingerprint density at radius 1 is 1.30 bits per heavy atom. The molecule has 0 aromatic carbocycles. The lowest BCUT2D eigenvalue weighted by Gasteiger charge is -1.84. The van der Waals surface area contributed by atoms with E-state index in [1.165, 1.54) is 32.1 Å². The van der Waals surface area contributed by atoms with Crippen molar-refractivity contribution in [2.75, 3.05) is 12.3 Å². The Bertz CT molecular complexity index is 108. The third-order valence-corrected chi connectivity index (χ3v) is 4.64. The molecule has 1 fully saturated rings. The van der Waals surface area contributed by atoms with E-state index in [9.17, 15) is 0 Å². The normalized spacial score (nSPS) is 17.9. The Hall–Kier alpha value is 0.170. The van der Waals surface area contributed by atoms with Crippen molar-refractivity contribution >= 4 is 13.3 Å². The second-order valence-corrected chi connectivity index (χ2v) is 5.50. The molecule has 1 aliphatic heterocycles. The van der Waals surface area contributed by atoms with Crippen LogP contribution in [0.1, 0.15) is 39.0 Å². The van der Waals surface area contributed by atoms with Crippen LogP contribution in [0.15, 0.2) is 0 Å². The molecule has 0 unspecified atom stereocenters. The van der Waals surface area contributed by atoms with Gasteiger partial charge in [-0.15, -0.1) is 0 Å². The highest BCUT2D eigenvalue weighted by Gasteiger charge is 2.15. The van der Waals surface area contributed by atoms with Crippen LogP contribution in [0.3, 0.4) is 0 Å². The van der Waals surface area contributed by atoms with Crippen molar-refractivity contribution in [2.24, 2.45) is 0 Å². The van der Waals surface area contributed by atoms with E-state index in [1.54, 1.807) is 12.3 Å². The molecular formula is C9H18P+. The smallest absolute Gasteiger partial charge is 0.0654 e. The van der Waals surface area contributed by atoms with Gasteiger partial charge in [0.2, 0.25) is 0 Å². The number of rotatable bonds is 3. The molecule has 0 aromatic heterocycles. The quantitative estimate of drug-likeness (QED) is 0.435. The van der Waals surface area contributed by atoms with Crippen molar-refractivity contribution in [1.29, 1.82) is 0 Å². The SMILES string of the molecule is CCCCC=[P+]1CCCC1. The molecule has 1 heteroatoms. The van der Waals surface area contributed by atoms with Crippen molar-refractivity contribution in [3.8, 4) is 0 Å². The molecule has 0 N–H and O–H groups in total. The van der Waals surface area contributed by atoms with Gasteiger partial charge in [-0.05, 0) is 19.3 Å². The van der Waals surface area contributed by atoms with E-state index in [2.05, 4.69) is 12.7 Å². The maximum atomic E-state index is 2.62. The van der Waals surface area contributed by atoms with Gasteiger partial charge in [-0.3, -0.25) is 0 Å². The molecule has 0 nitrogen and oxygen atoms in total. The summed E-state index contributed by atoms with van der Waals surface area (Å²) in [6.07, 6.45) is 10.3. The summed E-state index contributed by atoms with van der Waals surface area (Å²) in [5, 5.41) is 0. The van der Waals surface area contributed by atoms with Crippen LogP contribution < -0.4 is 0 Å². The number of hydrogen-bond donors (Lipinski definition) is 0. The molecule has 0 atom stereocenters. The molecule has 1 heterocycles. The van der Waals surface area contributed by atoms with Crippen molar-refractivity contribution in [1.82, 2.24) is 0 Å². The molecule has 1 aliphatic rings. The predicted molar refractivity (Wildman–Crippen MR) is 51.5 cm³/mol. The first-order valence-corrected chi connectivity index (χ1v) is 6.29. The van der Waals surface area contributed by atoms with E-state index < -0.39 is 0 Å². The van der Waals surface area contributed by atoms with Crippen LogP contribution in [0.25, 0.3) is 0 Å². The molecule has 0 aromatic rings. The molecule has 0 bridgehead atoms. The van der Waals surface area contributed by atoms with E-state index >= 15 is 0 Å². The van der Waals surface area contributed by atoms with Crippen molar-refractivity contribution in [3.63, 3.8) is 0 Å². The minimum Gasteiger partial charge on any atom is -0.0654 e. The fraction of sp³-hybridized carbons (Fsp3) is 0.889. The minimum absolute atomic E-state index is 0.418. The largest absolute Gasteiger partial charge is 0.106 e. The predicted octanol–water partition coefficient (Wildman–Crippen LogP) is 3.25. The maximum absolute atomic E-state index is 2.62. The van der Waals surface area contributed by atoms with Crippen molar-refractivity contribution < 1.29 is 0 Å². The van der Waals surface area contributed by atoms with Crippen LogP contribution in [-0.4, -0.2) is 18.1 Å². The second kappa shape index (κ2) is 4.91. The van der Waals surface area contributed by atoms with Crippen molar-refractivity contribution in [3.05, 3.63) is 0 Å². The summed E-state index contributed by atoms with van der Waals surface area (Å²) in [6, 6.07) is 0. The average Bonchev–Trinajstić information content (AvgIpc) is 2.41. The van der Waals surface area contributed by atoms with Gasteiger partial charge in [-0.1, -0.05) is 13.3 Å². The van der Waals surface area contributed by atoms with Crippen LogP contribution in [0, 0.1) is 0 Å². The first kappa shape index (κ1) is 8.27. The lowest BCUT2D eigenvalue weighted by Crippen LogP contribution is -1.75. The summed E-state index contributed by atoms with van der Waals surface area (Å²) in [5.74, 6) is 2.62. The molecule has 0 spiro atoms. The van der Waals surface area contributed by atoms with Gasteiger partial charge in [0, 0.05) is 6.42 Å². The Kier molecular flexibility index (Phi) is 4.06. The Balaban J connectivity index is 2.12. The van der Waals surface area contributed by atoms with Crippen LogP contribution >= 0.6 is 7.55 Å². The lowest BCUT2D eigenvalue weighted by atomic mass is 10.3. The van der Waals surface area contributed by atoms with E-state index in [1.807, 2.05) is 0 Å². The number of hydrogen-bond acceptors (Lipinski definition) is 0. The van der Waals surface area contributed by atoms with Crippen LogP contribution in [0.2, 0.25) is 0 Å². The van der Waals surface area contributed by atoms with Crippen LogP contribution in [0.5, 0.6) is 0 Å². The van der Waals surface area contributed by atoms with E-state index in [0.717, 1.165) is 0 Å². The fourth-order valence-corrected chi connectivity index (χ4v) is 3.80. The number of unbranched alkanes of at least 4 members (excludes halogenated alkanes) is 2. The standard InChI is InChI=1S/C9H18P/c1-2-3-4-7-10-8-5-6-9-10/h7H,2-6,8-9H2,1H3/q+1. The molecule has 1 saturated heterocycles. The highest BCUT2D eigenvalue weighted by molar-refractivity contribution is 7.57. The fourth-order valence-electron chi connectivity index (χ4n) is 1.40. The summed E-state index contributed by atoms with van der Waals surface area (Å²) in [6.45, 7) is 2.27. The molecule has 0 aliphatic carbocycles. The van der Waals surface area contributed by atoms with Gasteiger partial charge in [0.05, 0.1) is 13.3 Å². The van der Waals surface area contributed by atoms with Gasteiger partial charge in [0.1, 0.15) is 12.3 Å². The van der Waals surface area contributed by atoms with E-state index in [0.29, 0.717) is 7.55 Å². The Morgan fingerprint density at radius 3 is 2.60 bits per heavy atom. The molecule has 0 saturated carbocycles. The van der Waals surface area contributed by atoms with Crippen molar-refractivity contribution in [2.45, 2.75) is 39.0 Å². The molecular weight excluding hydrogens is 139 g/mol. The molecule has 58 valence electrons. The zero-order valence-electron chi connectivity index (χ0n) is 6.97. The van der Waals surface area contributed by atoms with Crippen LogP contribution in [-0.2, 0) is 0 Å². The van der Waals surface area contributed by atoms with E-state index in [-0.39, 0.29) is 0 Å². The maximum Gasteiger partial charge on any atom is 0.106 e. The zero-order chi connectivity index (χ0) is 7.23. The highest BCUT2D eigenvalue weighted by Crippen LogP contribution is 2.32. The van der Waals surface area contributed by atoms with Gasteiger partial charge < -0.3 is 0 Å². The summed E-state index contributed by atoms with van der Waals surface area (Å²) < 4.78 is 0. The van der Waals surface area contributed by atoms with Gasteiger partial charge in [0.25, 0.3) is 0 Å². The lowest BCUT2D eigenvalue weighted by molar-refractivity contribution is 0.846. The molecule has 0 amide bonds. The third kappa shape index (κ3) is 2.84. The van der Waals surface area contributed by atoms with E-state index in [4.69, 9.17) is 0 Å². The Labute approximate surface area is 65.4 Å². The highest BCUT2D eigenvalue weighted by atomic mass is 31.1. The Morgan fingerprint density at radius 2 is 2.00 bits per heavy atom. The summed E-state index contributed by atoms with van der Waals surface area (Å²) >= 11 is 0. The molecule has 10 heavy (non-hydrogen) atoms. The van der Waals surface area contributed by atoms with Crippen LogP contribution in [0.4, 0.5) is 0 Å². The first-order valence-electron chi connectivity index (χ1n) is 4.51. The summed E-state index contributed by atoms with van der Waals surface area (Å²) in [7, 11) is 0.418. The average molecular weight is 157 g/mol. The summed E-state index contributed by atoms with van der Waals surface area (Å²) in [4.78, 5) is 0. The monoisotopic (exact) mass is 157 g/mol. The third-order valence-electron chi connectivity index (χ3n) is 2.09. The van der Waals surface area contributed by atoms with Gasteiger partial charge in [-0.25, -0.2) is 0 Å². The molecule has 1 rings (SSSR count). The summed E-state index contributed by atoms with van der Waals surface area (Å²) in [5.41, 5.74) is 0. The minimum atomic E-state index is 0.418. The topological polar surface area (TPSA) is 0 Å². The zero-order valence-corrected chi connectivity index (χ0v) is 7.87. The second-order valence-electron chi connectivity index (χ2n) is 3.07. The van der Waals surface area contributed by atoms with Gasteiger partial charge in [-0.2, -0.15) is 0 Å². The van der Waals surface area contributed by atoms with Gasteiger partial charge >= 0.3 is 0 Å². The van der Waals surface area contributed by atoms with Gasteiger partial charge in [0.15, 0.2) is 0 Å². The molecule has 0 radical (unpaired) electrons. The first-order chi connectivity index (χ1) is 4.93.